The Hall–Kier alpha value is -1.05. The first-order valence-electron chi connectivity index (χ1n) is 7.89. The molecule has 0 spiro atoms. The average molecular weight is 357 g/mol. The lowest BCUT2D eigenvalue weighted by Crippen LogP contribution is -2.51. The molecule has 1 aliphatic rings. The minimum Gasteiger partial charge on any atom is -0.336 e. The first-order valence-corrected chi connectivity index (χ1v) is 10.7. The molecule has 1 aliphatic heterocycles. The second-order valence-corrected chi connectivity index (χ2v) is 8.56. The van der Waals surface area contributed by atoms with Gasteiger partial charge in [0.25, 0.3) is 5.91 Å². The summed E-state index contributed by atoms with van der Waals surface area (Å²) >= 11 is 1.64. The molecule has 0 aliphatic carbocycles. The molecule has 23 heavy (non-hydrogen) atoms. The zero-order valence-electron chi connectivity index (χ0n) is 13.7. The minimum atomic E-state index is -3.18. The summed E-state index contributed by atoms with van der Waals surface area (Å²) in [7, 11) is -3.18. The molecular formula is C16H24N2O3S2. The Bertz CT molecular complexity index is 621. The van der Waals surface area contributed by atoms with E-state index in [1.807, 2.05) is 37.4 Å². The maximum atomic E-state index is 12.5. The lowest BCUT2D eigenvalue weighted by atomic mass is 10.2. The number of rotatable bonds is 6. The Morgan fingerprint density at radius 2 is 1.74 bits per heavy atom. The number of hydrogen-bond donors (Lipinski definition) is 0. The van der Waals surface area contributed by atoms with Crippen molar-refractivity contribution in [1.29, 1.82) is 0 Å². The van der Waals surface area contributed by atoms with Gasteiger partial charge in [0.2, 0.25) is 10.0 Å². The van der Waals surface area contributed by atoms with Gasteiger partial charge in [-0.1, -0.05) is 13.3 Å². The molecule has 1 amide bonds. The van der Waals surface area contributed by atoms with Gasteiger partial charge in [0.1, 0.15) is 0 Å². The van der Waals surface area contributed by atoms with Crippen LogP contribution >= 0.6 is 11.8 Å². The predicted octanol–water partition coefficient (Wildman–Crippen LogP) is 2.30. The van der Waals surface area contributed by atoms with Crippen LogP contribution in [0.25, 0.3) is 0 Å². The monoisotopic (exact) mass is 356 g/mol. The highest BCUT2D eigenvalue weighted by molar-refractivity contribution is 7.98. The number of benzene rings is 1. The minimum absolute atomic E-state index is 0.0248. The van der Waals surface area contributed by atoms with Gasteiger partial charge in [0, 0.05) is 36.6 Å². The van der Waals surface area contributed by atoms with Gasteiger partial charge >= 0.3 is 0 Å². The van der Waals surface area contributed by atoms with Gasteiger partial charge in [-0.25, -0.2) is 8.42 Å². The highest BCUT2D eigenvalue weighted by atomic mass is 32.2. The maximum absolute atomic E-state index is 12.5. The second kappa shape index (κ2) is 8.17. The van der Waals surface area contributed by atoms with Gasteiger partial charge in [0.05, 0.1) is 5.75 Å². The smallest absolute Gasteiger partial charge is 0.253 e. The summed E-state index contributed by atoms with van der Waals surface area (Å²) in [5.41, 5.74) is 0.657. The average Bonchev–Trinajstić information content (AvgIpc) is 2.59. The van der Waals surface area contributed by atoms with E-state index >= 15 is 0 Å². The molecule has 1 fully saturated rings. The fraction of sp³-hybridized carbons (Fsp3) is 0.562. The van der Waals surface area contributed by atoms with Crippen LogP contribution in [0.4, 0.5) is 0 Å². The van der Waals surface area contributed by atoms with E-state index in [0.29, 0.717) is 38.2 Å². The first-order chi connectivity index (χ1) is 11.0. The van der Waals surface area contributed by atoms with Crippen molar-refractivity contribution in [2.24, 2.45) is 0 Å². The van der Waals surface area contributed by atoms with Gasteiger partial charge in [-0.15, -0.1) is 11.8 Å². The van der Waals surface area contributed by atoms with Gasteiger partial charge in [-0.05, 0) is 36.9 Å². The lowest BCUT2D eigenvalue weighted by Gasteiger charge is -2.34. The Labute approximate surface area is 143 Å². The van der Waals surface area contributed by atoms with E-state index in [2.05, 4.69) is 0 Å². The second-order valence-electron chi connectivity index (χ2n) is 5.59. The van der Waals surface area contributed by atoms with Crippen LogP contribution in [0.3, 0.4) is 0 Å². The predicted molar refractivity (Wildman–Crippen MR) is 94.4 cm³/mol. The Morgan fingerprint density at radius 3 is 2.26 bits per heavy atom. The Morgan fingerprint density at radius 1 is 1.13 bits per heavy atom. The maximum Gasteiger partial charge on any atom is 0.253 e. The van der Waals surface area contributed by atoms with Crippen molar-refractivity contribution >= 4 is 27.7 Å². The van der Waals surface area contributed by atoms with Crippen LogP contribution in [0.2, 0.25) is 0 Å². The quantitative estimate of drug-likeness (QED) is 0.734. The first kappa shape index (κ1) is 18.3. The van der Waals surface area contributed by atoms with Crippen molar-refractivity contribution in [3.63, 3.8) is 0 Å². The van der Waals surface area contributed by atoms with E-state index in [-0.39, 0.29) is 11.7 Å². The molecular weight excluding hydrogens is 332 g/mol. The highest BCUT2D eigenvalue weighted by Crippen LogP contribution is 2.17. The molecule has 0 N–H and O–H groups in total. The van der Waals surface area contributed by atoms with Crippen molar-refractivity contribution in [3.05, 3.63) is 29.8 Å². The van der Waals surface area contributed by atoms with Crippen molar-refractivity contribution in [1.82, 2.24) is 9.21 Å². The number of amides is 1. The van der Waals surface area contributed by atoms with E-state index in [9.17, 15) is 13.2 Å². The molecule has 1 saturated heterocycles. The van der Waals surface area contributed by atoms with Crippen LogP contribution in [0, 0.1) is 0 Å². The summed E-state index contributed by atoms with van der Waals surface area (Å²) in [4.78, 5) is 15.3. The summed E-state index contributed by atoms with van der Waals surface area (Å²) in [5.74, 6) is 0.177. The largest absolute Gasteiger partial charge is 0.336 e. The third-order valence-electron chi connectivity index (χ3n) is 4.01. The third kappa shape index (κ3) is 4.71. The summed E-state index contributed by atoms with van der Waals surface area (Å²) in [6, 6.07) is 7.53. The number of carbonyl (C=O) groups excluding carboxylic acids is 1. The van der Waals surface area contributed by atoms with Crippen LogP contribution in [0.15, 0.2) is 29.2 Å². The molecule has 5 nitrogen and oxygen atoms in total. The number of piperazine rings is 1. The molecule has 1 aromatic rings. The van der Waals surface area contributed by atoms with Crippen molar-refractivity contribution < 1.29 is 13.2 Å². The molecule has 128 valence electrons. The zero-order chi connectivity index (χ0) is 16.9. The van der Waals surface area contributed by atoms with E-state index in [0.717, 1.165) is 11.3 Å². The third-order valence-corrected chi connectivity index (χ3v) is 6.71. The number of hydrogen-bond acceptors (Lipinski definition) is 4. The topological polar surface area (TPSA) is 57.7 Å². The van der Waals surface area contributed by atoms with Gasteiger partial charge in [-0.3, -0.25) is 4.79 Å². The van der Waals surface area contributed by atoms with Crippen LogP contribution in [-0.4, -0.2) is 61.7 Å². The molecule has 1 aromatic carbocycles. The molecule has 0 radical (unpaired) electrons. The van der Waals surface area contributed by atoms with Crippen LogP contribution in [-0.2, 0) is 10.0 Å². The van der Waals surface area contributed by atoms with Crippen LogP contribution in [0.1, 0.15) is 30.1 Å². The number of thioether (sulfide) groups is 1. The van der Waals surface area contributed by atoms with E-state index < -0.39 is 10.0 Å². The van der Waals surface area contributed by atoms with E-state index in [4.69, 9.17) is 0 Å². The Balaban J connectivity index is 1.94. The van der Waals surface area contributed by atoms with Gasteiger partial charge < -0.3 is 4.90 Å². The number of sulfonamides is 1. The van der Waals surface area contributed by atoms with Crippen molar-refractivity contribution in [2.75, 3.05) is 38.2 Å². The summed E-state index contributed by atoms with van der Waals surface area (Å²) in [5, 5.41) is 0. The molecule has 7 heteroatoms. The van der Waals surface area contributed by atoms with Gasteiger partial charge in [0.15, 0.2) is 0 Å². The van der Waals surface area contributed by atoms with Crippen LogP contribution in [0.5, 0.6) is 0 Å². The van der Waals surface area contributed by atoms with Crippen LogP contribution < -0.4 is 0 Å². The summed E-state index contributed by atoms with van der Waals surface area (Å²) in [6.07, 6.45) is 3.54. The zero-order valence-corrected chi connectivity index (χ0v) is 15.3. The molecule has 0 atom stereocenters. The standard InChI is InChI=1S/C16H24N2O3S2/c1-3-4-13-23(20,21)18-11-9-17(10-12-18)16(19)14-5-7-15(22-2)8-6-14/h5-8H,3-4,9-13H2,1-2H3. The number of carbonyl (C=O) groups is 1. The molecule has 2 rings (SSSR count). The summed E-state index contributed by atoms with van der Waals surface area (Å²) in [6.45, 7) is 3.67. The fourth-order valence-corrected chi connectivity index (χ4v) is 4.58. The highest BCUT2D eigenvalue weighted by Gasteiger charge is 2.28. The molecule has 0 aromatic heterocycles. The van der Waals surface area contributed by atoms with Gasteiger partial charge in [-0.2, -0.15) is 4.31 Å². The lowest BCUT2D eigenvalue weighted by molar-refractivity contribution is 0.0698. The molecule has 0 unspecified atom stereocenters. The fourth-order valence-electron chi connectivity index (χ4n) is 2.54. The Kier molecular flexibility index (Phi) is 6.50. The molecule has 0 saturated carbocycles. The van der Waals surface area contributed by atoms with Crippen molar-refractivity contribution in [2.45, 2.75) is 24.7 Å². The SMILES string of the molecule is CCCCS(=O)(=O)N1CCN(C(=O)c2ccc(SC)cc2)CC1. The van der Waals surface area contributed by atoms with E-state index in [1.165, 1.54) is 4.31 Å². The number of nitrogens with zero attached hydrogens (tertiary/aromatic N) is 2. The van der Waals surface area contributed by atoms with Crippen molar-refractivity contribution in [3.8, 4) is 0 Å². The normalized spacial score (nSPS) is 16.5. The summed E-state index contributed by atoms with van der Waals surface area (Å²) < 4.78 is 25.9. The molecule has 1 heterocycles. The molecule has 0 bridgehead atoms. The number of unbranched alkanes of at least 4 members (excludes halogenated alkanes) is 1. The van der Waals surface area contributed by atoms with E-state index in [1.54, 1.807) is 16.7 Å².